The molecule has 0 aliphatic rings. The Bertz CT molecular complexity index is 1070. The molecule has 156 valence electrons. The summed E-state index contributed by atoms with van der Waals surface area (Å²) in [6.45, 7) is 1.50. The van der Waals surface area contributed by atoms with Gasteiger partial charge in [0.2, 0.25) is 15.9 Å². The second kappa shape index (κ2) is 9.65. The summed E-state index contributed by atoms with van der Waals surface area (Å²) in [5.74, 6) is -0.953. The van der Waals surface area contributed by atoms with E-state index < -0.39 is 21.7 Å². The molecule has 0 aliphatic heterocycles. The molecular weight excluding hydrogens is 403 g/mol. The maximum absolute atomic E-state index is 13.3. The summed E-state index contributed by atoms with van der Waals surface area (Å²) in [6.07, 6.45) is 0. The number of benzene rings is 3. The number of nitrogens with one attached hydrogen (secondary N) is 1. The highest BCUT2D eigenvalue weighted by molar-refractivity contribution is 7.89. The van der Waals surface area contributed by atoms with Crippen LogP contribution in [0.3, 0.4) is 0 Å². The molecule has 0 spiro atoms. The topological polar surface area (TPSA) is 66.5 Å². The first-order valence-corrected chi connectivity index (χ1v) is 10.9. The maximum Gasteiger partial charge on any atom is 0.243 e. The molecule has 0 saturated heterocycles. The molecule has 0 unspecified atom stereocenters. The molecule has 0 radical (unpaired) electrons. The second-order valence-electron chi connectivity index (χ2n) is 6.91. The van der Waals surface area contributed by atoms with E-state index in [2.05, 4.69) is 5.32 Å². The molecule has 5 nitrogen and oxygen atoms in total. The zero-order valence-corrected chi connectivity index (χ0v) is 17.3. The Morgan fingerprint density at radius 3 is 2.10 bits per heavy atom. The lowest BCUT2D eigenvalue weighted by Crippen LogP contribution is -2.41. The summed E-state index contributed by atoms with van der Waals surface area (Å²) < 4.78 is 40.7. The average molecular weight is 427 g/mol. The van der Waals surface area contributed by atoms with Crippen molar-refractivity contribution in [1.82, 2.24) is 9.62 Å². The third-order valence-corrected chi connectivity index (χ3v) is 6.46. The van der Waals surface area contributed by atoms with E-state index in [0.717, 1.165) is 27.6 Å². The number of amides is 1. The molecule has 3 aromatic rings. The lowest BCUT2D eigenvalue weighted by molar-refractivity contribution is -0.122. The number of rotatable bonds is 8. The van der Waals surface area contributed by atoms with Crippen LogP contribution in [0.2, 0.25) is 0 Å². The molecule has 0 aromatic heterocycles. The van der Waals surface area contributed by atoms with Crippen molar-refractivity contribution in [1.29, 1.82) is 0 Å². The van der Waals surface area contributed by atoms with Crippen LogP contribution in [-0.4, -0.2) is 25.2 Å². The fourth-order valence-corrected chi connectivity index (χ4v) is 4.43. The smallest absolute Gasteiger partial charge is 0.243 e. The van der Waals surface area contributed by atoms with Crippen LogP contribution in [-0.2, 0) is 21.4 Å². The average Bonchev–Trinajstić information content (AvgIpc) is 2.75. The summed E-state index contributed by atoms with van der Waals surface area (Å²) >= 11 is 0. The summed E-state index contributed by atoms with van der Waals surface area (Å²) in [7, 11) is -4.01. The van der Waals surface area contributed by atoms with Crippen LogP contribution in [0.1, 0.15) is 24.1 Å². The van der Waals surface area contributed by atoms with E-state index >= 15 is 0 Å². The van der Waals surface area contributed by atoms with Crippen LogP contribution < -0.4 is 5.32 Å². The number of carbonyl (C=O) groups is 1. The van der Waals surface area contributed by atoms with Gasteiger partial charge in [-0.15, -0.1) is 0 Å². The summed E-state index contributed by atoms with van der Waals surface area (Å²) in [4.78, 5) is 12.6. The minimum atomic E-state index is -4.01. The molecule has 0 saturated carbocycles. The van der Waals surface area contributed by atoms with Gasteiger partial charge < -0.3 is 5.32 Å². The highest BCUT2D eigenvalue weighted by Gasteiger charge is 2.27. The normalized spacial score (nSPS) is 12.5. The van der Waals surface area contributed by atoms with Crippen LogP contribution in [0, 0.1) is 5.82 Å². The number of sulfonamides is 1. The zero-order valence-electron chi connectivity index (χ0n) is 16.5. The van der Waals surface area contributed by atoms with Crippen LogP contribution in [0.15, 0.2) is 89.8 Å². The number of hydrogen-bond donors (Lipinski definition) is 1. The van der Waals surface area contributed by atoms with E-state index in [-0.39, 0.29) is 24.0 Å². The predicted octanol–water partition coefficient (Wildman–Crippen LogP) is 3.89. The Labute approximate surface area is 176 Å². The largest absolute Gasteiger partial charge is 0.348 e. The van der Waals surface area contributed by atoms with Crippen molar-refractivity contribution in [2.45, 2.75) is 24.4 Å². The molecule has 3 rings (SSSR count). The van der Waals surface area contributed by atoms with Crippen molar-refractivity contribution >= 4 is 15.9 Å². The van der Waals surface area contributed by atoms with Gasteiger partial charge in [-0.1, -0.05) is 60.7 Å². The third-order valence-electron chi connectivity index (χ3n) is 4.65. The van der Waals surface area contributed by atoms with Gasteiger partial charge in [-0.25, -0.2) is 12.8 Å². The Morgan fingerprint density at radius 1 is 0.933 bits per heavy atom. The van der Waals surface area contributed by atoms with Gasteiger partial charge in [0, 0.05) is 6.54 Å². The molecule has 0 aliphatic carbocycles. The van der Waals surface area contributed by atoms with Gasteiger partial charge in [-0.2, -0.15) is 4.31 Å². The van der Waals surface area contributed by atoms with E-state index in [1.54, 1.807) is 24.3 Å². The van der Waals surface area contributed by atoms with Crippen LogP contribution in [0.4, 0.5) is 4.39 Å². The highest BCUT2D eigenvalue weighted by Crippen LogP contribution is 2.19. The number of nitrogens with zero attached hydrogens (tertiary/aromatic N) is 1. The number of halogens is 1. The van der Waals surface area contributed by atoms with Crippen molar-refractivity contribution in [3.8, 4) is 0 Å². The van der Waals surface area contributed by atoms with Crippen LogP contribution in [0.25, 0.3) is 0 Å². The van der Waals surface area contributed by atoms with Gasteiger partial charge in [0.25, 0.3) is 0 Å². The molecule has 1 amide bonds. The van der Waals surface area contributed by atoms with Crippen molar-refractivity contribution in [2.75, 3.05) is 6.54 Å². The minimum Gasteiger partial charge on any atom is -0.348 e. The van der Waals surface area contributed by atoms with Gasteiger partial charge in [0.05, 0.1) is 17.5 Å². The number of hydrogen-bond acceptors (Lipinski definition) is 3. The highest BCUT2D eigenvalue weighted by atomic mass is 32.2. The van der Waals surface area contributed by atoms with Gasteiger partial charge in [-0.05, 0) is 42.3 Å². The summed E-state index contributed by atoms with van der Waals surface area (Å²) in [5, 5.41) is 2.84. The van der Waals surface area contributed by atoms with E-state index in [0.29, 0.717) is 0 Å². The molecule has 3 aromatic carbocycles. The predicted molar refractivity (Wildman–Crippen MR) is 113 cm³/mol. The summed E-state index contributed by atoms with van der Waals surface area (Å²) in [5.41, 5.74) is 1.66. The maximum atomic E-state index is 13.3. The molecule has 1 N–H and O–H groups in total. The second-order valence-corrected chi connectivity index (χ2v) is 8.85. The molecule has 1 atom stereocenters. The Balaban J connectivity index is 1.82. The van der Waals surface area contributed by atoms with E-state index in [9.17, 15) is 17.6 Å². The van der Waals surface area contributed by atoms with Gasteiger partial charge in [-0.3, -0.25) is 4.79 Å². The van der Waals surface area contributed by atoms with E-state index in [4.69, 9.17) is 0 Å². The Hall–Kier alpha value is -3.03. The fraction of sp³-hybridized carbons (Fsp3) is 0.174. The van der Waals surface area contributed by atoms with Crippen molar-refractivity contribution in [3.05, 3.63) is 102 Å². The fourth-order valence-electron chi connectivity index (χ4n) is 3.04. The number of carbonyl (C=O) groups excluding carboxylic acids is 1. The van der Waals surface area contributed by atoms with Crippen LogP contribution >= 0.6 is 0 Å². The standard InChI is InChI=1S/C23H23FN2O3S/c1-18(20-10-6-3-7-11-20)25-23(27)17-26(16-19-8-4-2-5-9-19)30(28,29)22-14-12-21(24)13-15-22/h2-15,18H,16-17H2,1H3,(H,25,27)/t18-/m0/s1. The first kappa shape index (κ1) is 21.7. The van der Waals surface area contributed by atoms with Gasteiger partial charge in [0.1, 0.15) is 5.82 Å². The zero-order chi connectivity index (χ0) is 21.6. The van der Waals surface area contributed by atoms with Crippen molar-refractivity contribution in [2.24, 2.45) is 0 Å². The third kappa shape index (κ3) is 5.52. The molecule has 7 heteroatoms. The van der Waals surface area contributed by atoms with Gasteiger partial charge in [0.15, 0.2) is 0 Å². The molecule has 0 bridgehead atoms. The quantitative estimate of drug-likeness (QED) is 0.594. The van der Waals surface area contributed by atoms with E-state index in [1.165, 1.54) is 12.1 Å². The van der Waals surface area contributed by atoms with Crippen molar-refractivity contribution < 1.29 is 17.6 Å². The monoisotopic (exact) mass is 426 g/mol. The molecule has 30 heavy (non-hydrogen) atoms. The Kier molecular flexibility index (Phi) is 6.97. The SMILES string of the molecule is C[C@H](NC(=O)CN(Cc1ccccc1)S(=O)(=O)c1ccc(F)cc1)c1ccccc1. The van der Waals surface area contributed by atoms with Crippen LogP contribution in [0.5, 0.6) is 0 Å². The van der Waals surface area contributed by atoms with E-state index in [1.807, 2.05) is 43.3 Å². The minimum absolute atomic E-state index is 0.0215. The molecular formula is C23H23FN2O3S. The summed E-state index contributed by atoms with van der Waals surface area (Å²) in [6, 6.07) is 22.7. The first-order valence-electron chi connectivity index (χ1n) is 9.50. The lowest BCUT2D eigenvalue weighted by Gasteiger charge is -2.23. The van der Waals surface area contributed by atoms with Crippen molar-refractivity contribution in [3.63, 3.8) is 0 Å². The first-order chi connectivity index (χ1) is 14.4. The molecule has 0 heterocycles. The lowest BCUT2D eigenvalue weighted by atomic mass is 10.1. The Morgan fingerprint density at radius 2 is 1.50 bits per heavy atom. The van der Waals surface area contributed by atoms with Gasteiger partial charge >= 0.3 is 0 Å². The molecule has 0 fully saturated rings.